The quantitative estimate of drug-likeness (QED) is 0.704. The number of benzene rings is 1. The van der Waals surface area contributed by atoms with Crippen molar-refractivity contribution in [3.8, 4) is 11.4 Å². The molecule has 6 nitrogen and oxygen atoms in total. The summed E-state index contributed by atoms with van der Waals surface area (Å²) in [7, 11) is 0. The zero-order valence-electron chi connectivity index (χ0n) is 16.1. The molecule has 1 amide bonds. The minimum Gasteiger partial charge on any atom is -0.340 e. The number of hydrogen-bond donors (Lipinski definition) is 1. The van der Waals surface area contributed by atoms with E-state index >= 15 is 0 Å². The number of amides is 1. The Morgan fingerprint density at radius 2 is 1.96 bits per heavy atom. The Labute approximate surface area is 164 Å². The Bertz CT molecular complexity index is 968. The molecular formula is C22H23N5O. The molecule has 1 N–H and O–H groups in total. The SMILES string of the molecule is CC(=O)N(Cc1ccc(Nc2cc(C)nc(-c3cccnc3)n2)cc1)C1CC1. The van der Waals surface area contributed by atoms with Crippen LogP contribution in [0.2, 0.25) is 0 Å². The molecule has 1 aliphatic carbocycles. The molecule has 6 heteroatoms. The van der Waals surface area contributed by atoms with Gasteiger partial charge in [0.05, 0.1) is 0 Å². The first-order valence-electron chi connectivity index (χ1n) is 9.48. The van der Waals surface area contributed by atoms with Crippen LogP contribution in [0.25, 0.3) is 11.4 Å². The summed E-state index contributed by atoms with van der Waals surface area (Å²) < 4.78 is 0. The second-order valence-corrected chi connectivity index (χ2v) is 7.16. The van der Waals surface area contributed by atoms with Crippen molar-refractivity contribution in [3.05, 3.63) is 66.1 Å². The summed E-state index contributed by atoms with van der Waals surface area (Å²) in [5, 5.41) is 3.34. The average molecular weight is 373 g/mol. The van der Waals surface area contributed by atoms with Gasteiger partial charge in [-0.1, -0.05) is 12.1 Å². The van der Waals surface area contributed by atoms with Crippen molar-refractivity contribution in [2.45, 2.75) is 39.3 Å². The lowest BCUT2D eigenvalue weighted by Crippen LogP contribution is -2.30. The lowest BCUT2D eigenvalue weighted by atomic mass is 10.2. The highest BCUT2D eigenvalue weighted by Gasteiger charge is 2.30. The van der Waals surface area contributed by atoms with E-state index in [2.05, 4.69) is 32.4 Å². The fraction of sp³-hybridized carbons (Fsp3) is 0.273. The number of carbonyl (C=O) groups is 1. The van der Waals surface area contributed by atoms with Crippen molar-refractivity contribution in [3.63, 3.8) is 0 Å². The molecule has 0 saturated heterocycles. The number of pyridine rings is 1. The van der Waals surface area contributed by atoms with Gasteiger partial charge < -0.3 is 10.2 Å². The number of anilines is 2. The van der Waals surface area contributed by atoms with Crippen LogP contribution in [-0.2, 0) is 11.3 Å². The van der Waals surface area contributed by atoms with Gasteiger partial charge in [0, 0.05) is 54.9 Å². The Morgan fingerprint density at radius 3 is 2.61 bits per heavy atom. The zero-order valence-corrected chi connectivity index (χ0v) is 16.1. The van der Waals surface area contributed by atoms with Gasteiger partial charge in [-0.05, 0) is 49.6 Å². The molecule has 142 valence electrons. The number of aryl methyl sites for hydroxylation is 1. The van der Waals surface area contributed by atoms with E-state index in [4.69, 9.17) is 0 Å². The minimum atomic E-state index is 0.143. The Balaban J connectivity index is 1.48. The summed E-state index contributed by atoms with van der Waals surface area (Å²) in [6, 6.07) is 14.3. The van der Waals surface area contributed by atoms with Gasteiger partial charge in [-0.15, -0.1) is 0 Å². The number of aromatic nitrogens is 3. The van der Waals surface area contributed by atoms with Crippen LogP contribution < -0.4 is 5.32 Å². The molecule has 1 saturated carbocycles. The summed E-state index contributed by atoms with van der Waals surface area (Å²) in [6.45, 7) is 4.26. The molecule has 0 aliphatic heterocycles. The van der Waals surface area contributed by atoms with Gasteiger partial charge in [-0.3, -0.25) is 9.78 Å². The van der Waals surface area contributed by atoms with Gasteiger partial charge >= 0.3 is 0 Å². The molecule has 0 atom stereocenters. The molecule has 3 aromatic rings. The topological polar surface area (TPSA) is 71.0 Å². The van der Waals surface area contributed by atoms with Gasteiger partial charge in [-0.25, -0.2) is 9.97 Å². The number of carbonyl (C=O) groups excluding carboxylic acids is 1. The molecule has 1 aliphatic rings. The predicted octanol–water partition coefficient (Wildman–Crippen LogP) is 4.10. The van der Waals surface area contributed by atoms with Crippen LogP contribution in [0, 0.1) is 6.92 Å². The Morgan fingerprint density at radius 1 is 1.18 bits per heavy atom. The van der Waals surface area contributed by atoms with Gasteiger partial charge in [0.25, 0.3) is 0 Å². The third kappa shape index (κ3) is 4.34. The first kappa shape index (κ1) is 18.1. The van der Waals surface area contributed by atoms with Crippen LogP contribution in [-0.4, -0.2) is 31.8 Å². The summed E-state index contributed by atoms with van der Waals surface area (Å²) in [4.78, 5) is 27.0. The molecule has 2 aromatic heterocycles. The normalized spacial score (nSPS) is 13.2. The Kier molecular flexibility index (Phi) is 5.02. The van der Waals surface area contributed by atoms with E-state index in [0.717, 1.165) is 41.2 Å². The van der Waals surface area contributed by atoms with Crippen LogP contribution in [0.15, 0.2) is 54.9 Å². The number of nitrogens with one attached hydrogen (secondary N) is 1. The molecule has 1 aromatic carbocycles. The van der Waals surface area contributed by atoms with Crippen molar-refractivity contribution < 1.29 is 4.79 Å². The molecular weight excluding hydrogens is 350 g/mol. The van der Waals surface area contributed by atoms with E-state index in [9.17, 15) is 4.79 Å². The van der Waals surface area contributed by atoms with Crippen LogP contribution in [0.1, 0.15) is 31.0 Å². The maximum Gasteiger partial charge on any atom is 0.219 e. The Hall–Kier alpha value is -3.28. The number of nitrogens with zero attached hydrogens (tertiary/aromatic N) is 4. The van der Waals surface area contributed by atoms with E-state index < -0.39 is 0 Å². The molecule has 2 heterocycles. The van der Waals surface area contributed by atoms with Crippen LogP contribution >= 0.6 is 0 Å². The van der Waals surface area contributed by atoms with Gasteiger partial charge in [0.2, 0.25) is 5.91 Å². The number of hydrogen-bond acceptors (Lipinski definition) is 5. The molecule has 0 spiro atoms. The summed E-state index contributed by atoms with van der Waals surface area (Å²) in [5.41, 5.74) is 3.84. The molecule has 1 fully saturated rings. The fourth-order valence-corrected chi connectivity index (χ4v) is 3.18. The number of rotatable bonds is 6. The van der Waals surface area contributed by atoms with Crippen LogP contribution in [0.3, 0.4) is 0 Å². The fourth-order valence-electron chi connectivity index (χ4n) is 3.18. The lowest BCUT2D eigenvalue weighted by Gasteiger charge is -2.20. The third-order valence-corrected chi connectivity index (χ3v) is 4.75. The van der Waals surface area contributed by atoms with Gasteiger partial charge in [0.1, 0.15) is 5.82 Å². The standard InChI is InChI=1S/C22H23N5O/c1-15-12-21(26-22(24-15)18-4-3-11-23-13-18)25-19-7-5-17(6-8-19)14-27(16(2)28)20-9-10-20/h3-8,11-13,20H,9-10,14H2,1-2H3,(H,24,25,26). The largest absolute Gasteiger partial charge is 0.340 e. The monoisotopic (exact) mass is 373 g/mol. The molecule has 0 unspecified atom stereocenters. The van der Waals surface area contributed by atoms with Crippen molar-refractivity contribution in [2.75, 3.05) is 5.32 Å². The van der Waals surface area contributed by atoms with Gasteiger partial charge in [-0.2, -0.15) is 0 Å². The molecule has 28 heavy (non-hydrogen) atoms. The van der Waals surface area contributed by atoms with Crippen molar-refractivity contribution in [2.24, 2.45) is 0 Å². The predicted molar refractivity (Wildman–Crippen MR) is 109 cm³/mol. The van der Waals surface area contributed by atoms with E-state index in [-0.39, 0.29) is 5.91 Å². The summed E-state index contributed by atoms with van der Waals surface area (Å²) in [5.74, 6) is 1.53. The highest BCUT2D eigenvalue weighted by molar-refractivity contribution is 5.74. The molecule has 0 bridgehead atoms. The van der Waals surface area contributed by atoms with Gasteiger partial charge in [0.15, 0.2) is 5.82 Å². The average Bonchev–Trinajstić information content (AvgIpc) is 3.52. The van der Waals surface area contributed by atoms with Crippen LogP contribution in [0.4, 0.5) is 11.5 Å². The maximum atomic E-state index is 11.8. The minimum absolute atomic E-state index is 0.143. The molecule has 4 rings (SSSR count). The van der Waals surface area contributed by atoms with E-state index in [0.29, 0.717) is 18.4 Å². The van der Waals surface area contributed by atoms with E-state index in [1.54, 1.807) is 19.3 Å². The summed E-state index contributed by atoms with van der Waals surface area (Å²) in [6.07, 6.45) is 5.72. The highest BCUT2D eigenvalue weighted by atomic mass is 16.2. The zero-order chi connectivity index (χ0) is 19.5. The second kappa shape index (κ2) is 7.76. The second-order valence-electron chi connectivity index (χ2n) is 7.16. The van der Waals surface area contributed by atoms with E-state index in [1.807, 2.05) is 42.2 Å². The van der Waals surface area contributed by atoms with Crippen molar-refractivity contribution in [1.82, 2.24) is 19.9 Å². The maximum absolute atomic E-state index is 11.8. The highest BCUT2D eigenvalue weighted by Crippen LogP contribution is 2.28. The first-order valence-corrected chi connectivity index (χ1v) is 9.48. The van der Waals surface area contributed by atoms with Crippen molar-refractivity contribution >= 4 is 17.4 Å². The first-order chi connectivity index (χ1) is 13.6. The smallest absolute Gasteiger partial charge is 0.219 e. The van der Waals surface area contributed by atoms with E-state index in [1.165, 1.54) is 0 Å². The third-order valence-electron chi connectivity index (χ3n) is 4.75. The molecule has 0 radical (unpaired) electrons. The van der Waals surface area contributed by atoms with Crippen LogP contribution in [0.5, 0.6) is 0 Å². The van der Waals surface area contributed by atoms with Crippen molar-refractivity contribution in [1.29, 1.82) is 0 Å². The summed E-state index contributed by atoms with van der Waals surface area (Å²) >= 11 is 0. The lowest BCUT2D eigenvalue weighted by molar-refractivity contribution is -0.130.